The van der Waals surface area contributed by atoms with Crippen LogP contribution in [0.2, 0.25) is 20.1 Å². The van der Waals surface area contributed by atoms with Gasteiger partial charge in [0.2, 0.25) is 0 Å². The minimum atomic E-state index is -5.04. The Morgan fingerprint density at radius 3 is 1.93 bits per heavy atom. The molecule has 0 fully saturated rings. The molecular formula is C19H12Cl4O5S. The lowest BCUT2D eigenvalue weighted by molar-refractivity contribution is 0.431. The van der Waals surface area contributed by atoms with Crippen molar-refractivity contribution >= 4 is 56.5 Å². The van der Waals surface area contributed by atoms with Gasteiger partial charge in [0.05, 0.1) is 15.1 Å². The molecule has 0 amide bonds. The highest BCUT2D eigenvalue weighted by molar-refractivity contribution is 7.87. The summed E-state index contributed by atoms with van der Waals surface area (Å²) in [4.78, 5) is 0. The maximum absolute atomic E-state index is 12.9. The molecule has 3 rings (SSSR count). The molecule has 29 heavy (non-hydrogen) atoms. The highest BCUT2D eigenvalue weighted by Gasteiger charge is 2.50. The molecule has 0 bridgehead atoms. The Kier molecular flexibility index (Phi) is 5.98. The zero-order valence-electron chi connectivity index (χ0n) is 14.3. The fraction of sp³-hybridized carbons (Fsp3) is 0.0526. The number of rotatable bonds is 4. The van der Waals surface area contributed by atoms with Gasteiger partial charge in [-0.05, 0) is 47.5 Å². The fourth-order valence-corrected chi connectivity index (χ4v) is 5.28. The van der Waals surface area contributed by atoms with E-state index in [1.54, 1.807) is 0 Å². The molecule has 1 unspecified atom stereocenters. The molecular weight excluding hydrogens is 482 g/mol. The van der Waals surface area contributed by atoms with Gasteiger partial charge in [0.1, 0.15) is 11.5 Å². The quantitative estimate of drug-likeness (QED) is 0.239. The molecule has 3 N–H and O–H groups in total. The fourth-order valence-electron chi connectivity index (χ4n) is 3.20. The summed E-state index contributed by atoms with van der Waals surface area (Å²) in [6.07, 6.45) is 0. The normalized spacial score (nSPS) is 13.8. The van der Waals surface area contributed by atoms with Gasteiger partial charge in [-0.15, -0.1) is 0 Å². The summed E-state index contributed by atoms with van der Waals surface area (Å²) in [5, 5.41) is 20.2. The predicted molar refractivity (Wildman–Crippen MR) is 114 cm³/mol. The minimum absolute atomic E-state index is 0.00273. The van der Waals surface area contributed by atoms with Gasteiger partial charge in [-0.1, -0.05) is 58.5 Å². The van der Waals surface area contributed by atoms with E-state index in [0.29, 0.717) is 0 Å². The number of aromatic hydroxyl groups is 2. The second-order valence-electron chi connectivity index (χ2n) is 6.12. The van der Waals surface area contributed by atoms with E-state index in [4.69, 9.17) is 46.4 Å². The lowest BCUT2D eigenvalue weighted by Crippen LogP contribution is -2.38. The molecule has 3 aromatic carbocycles. The van der Waals surface area contributed by atoms with Gasteiger partial charge >= 0.3 is 0 Å². The molecule has 0 saturated carbocycles. The highest BCUT2D eigenvalue weighted by atomic mass is 35.5. The molecule has 1 atom stereocenters. The molecule has 152 valence electrons. The van der Waals surface area contributed by atoms with Crippen LogP contribution in [0, 0.1) is 0 Å². The third-order valence-corrected chi connectivity index (χ3v) is 7.27. The van der Waals surface area contributed by atoms with Gasteiger partial charge in [-0.2, -0.15) is 8.42 Å². The van der Waals surface area contributed by atoms with Crippen molar-refractivity contribution in [3.63, 3.8) is 0 Å². The number of phenolic OH excluding ortho intramolecular Hbond substituents is 2. The third-order valence-electron chi connectivity index (χ3n) is 4.37. The van der Waals surface area contributed by atoms with Crippen molar-refractivity contribution in [2.75, 3.05) is 0 Å². The zero-order valence-corrected chi connectivity index (χ0v) is 18.1. The monoisotopic (exact) mass is 492 g/mol. The van der Waals surface area contributed by atoms with Gasteiger partial charge in [-0.25, -0.2) is 0 Å². The van der Waals surface area contributed by atoms with E-state index in [1.165, 1.54) is 42.5 Å². The number of benzene rings is 3. The van der Waals surface area contributed by atoms with Gasteiger partial charge < -0.3 is 10.2 Å². The van der Waals surface area contributed by atoms with Crippen molar-refractivity contribution in [1.29, 1.82) is 0 Å². The van der Waals surface area contributed by atoms with Crippen molar-refractivity contribution in [2.45, 2.75) is 4.75 Å². The first-order chi connectivity index (χ1) is 13.5. The zero-order chi connectivity index (χ0) is 21.6. The van der Waals surface area contributed by atoms with Gasteiger partial charge in [0.25, 0.3) is 10.1 Å². The van der Waals surface area contributed by atoms with Crippen LogP contribution in [0.5, 0.6) is 11.5 Å². The molecule has 0 aromatic heterocycles. The minimum Gasteiger partial charge on any atom is -0.508 e. The first-order valence-electron chi connectivity index (χ1n) is 7.89. The third kappa shape index (κ3) is 3.77. The molecule has 0 aliphatic carbocycles. The molecule has 0 heterocycles. The molecule has 0 spiro atoms. The van der Waals surface area contributed by atoms with Crippen LogP contribution >= 0.6 is 46.4 Å². The Morgan fingerprint density at radius 1 is 0.793 bits per heavy atom. The van der Waals surface area contributed by atoms with Crippen LogP contribution in [0.4, 0.5) is 0 Å². The summed E-state index contributed by atoms with van der Waals surface area (Å²) >= 11 is 24.3. The van der Waals surface area contributed by atoms with Crippen molar-refractivity contribution in [2.24, 2.45) is 0 Å². The van der Waals surface area contributed by atoms with Crippen molar-refractivity contribution < 1.29 is 23.2 Å². The lowest BCUT2D eigenvalue weighted by atomic mass is 9.83. The van der Waals surface area contributed by atoms with Crippen molar-refractivity contribution in [3.05, 3.63) is 91.4 Å². The summed E-state index contributed by atoms with van der Waals surface area (Å²) < 4.78 is 33.9. The first-order valence-corrected chi connectivity index (χ1v) is 10.8. The van der Waals surface area contributed by atoms with Crippen LogP contribution in [0.25, 0.3) is 0 Å². The maximum atomic E-state index is 12.9. The average Bonchev–Trinajstić information content (AvgIpc) is 2.60. The summed E-state index contributed by atoms with van der Waals surface area (Å²) in [6.45, 7) is 0. The number of hydrogen-bond acceptors (Lipinski definition) is 4. The van der Waals surface area contributed by atoms with E-state index in [1.807, 2.05) is 0 Å². The van der Waals surface area contributed by atoms with Gasteiger partial charge in [0, 0.05) is 16.7 Å². The summed E-state index contributed by atoms with van der Waals surface area (Å²) in [6, 6.07) is 11.4. The summed E-state index contributed by atoms with van der Waals surface area (Å²) in [5.74, 6) is -0.904. The number of phenols is 2. The van der Waals surface area contributed by atoms with Gasteiger partial charge in [-0.3, -0.25) is 4.55 Å². The Balaban J connectivity index is 2.58. The number of halogens is 4. The first kappa shape index (κ1) is 22.0. The largest absolute Gasteiger partial charge is 0.508 e. The van der Waals surface area contributed by atoms with Crippen molar-refractivity contribution in [3.8, 4) is 11.5 Å². The Bertz CT molecular complexity index is 1190. The second-order valence-corrected chi connectivity index (χ2v) is 9.31. The van der Waals surface area contributed by atoms with E-state index in [0.717, 1.165) is 12.1 Å². The average molecular weight is 494 g/mol. The van der Waals surface area contributed by atoms with Crippen LogP contribution in [-0.2, 0) is 14.9 Å². The van der Waals surface area contributed by atoms with E-state index >= 15 is 0 Å². The summed E-state index contributed by atoms with van der Waals surface area (Å²) in [5.41, 5.74) is -0.347. The van der Waals surface area contributed by atoms with Crippen LogP contribution in [0.15, 0.2) is 54.6 Å². The van der Waals surface area contributed by atoms with E-state index < -0.39 is 20.6 Å². The molecule has 3 aromatic rings. The standard InChI is InChI=1S/C19H12Cl4O5S/c20-12-3-1-2-10(6-12)19(29(26,27)28,14-5-4-13(24)9-17(14)25)11-7-15(21)18(23)16(22)8-11/h1-9,24-25H,(H,26,27,28). The topological polar surface area (TPSA) is 94.8 Å². The maximum Gasteiger partial charge on any atom is 0.283 e. The van der Waals surface area contributed by atoms with Crippen LogP contribution < -0.4 is 0 Å². The Labute approximate surface area is 186 Å². The van der Waals surface area contributed by atoms with Crippen LogP contribution in [0.1, 0.15) is 16.7 Å². The lowest BCUT2D eigenvalue weighted by Gasteiger charge is -2.33. The molecule has 0 aliphatic heterocycles. The van der Waals surface area contributed by atoms with E-state index in [2.05, 4.69) is 0 Å². The summed E-state index contributed by atoms with van der Waals surface area (Å²) in [7, 11) is -5.04. The molecule has 0 radical (unpaired) electrons. The predicted octanol–water partition coefficient (Wildman–Crippen LogP) is 5.89. The van der Waals surface area contributed by atoms with Crippen molar-refractivity contribution in [1.82, 2.24) is 0 Å². The van der Waals surface area contributed by atoms with E-state index in [9.17, 15) is 23.2 Å². The Hall–Kier alpha value is -1.67. The Morgan fingerprint density at radius 2 is 1.41 bits per heavy atom. The SMILES string of the molecule is O=S(=O)(O)C(c1cccc(Cl)c1)(c1cc(Cl)c(Cl)c(Cl)c1)c1ccc(O)cc1O. The second kappa shape index (κ2) is 7.87. The van der Waals surface area contributed by atoms with Gasteiger partial charge in [0.15, 0.2) is 4.75 Å². The smallest absolute Gasteiger partial charge is 0.283 e. The van der Waals surface area contributed by atoms with Crippen LogP contribution in [-0.4, -0.2) is 23.2 Å². The highest BCUT2D eigenvalue weighted by Crippen LogP contribution is 2.49. The molecule has 0 aliphatic rings. The molecule has 5 nitrogen and oxygen atoms in total. The molecule has 0 saturated heterocycles. The van der Waals surface area contributed by atoms with Crippen LogP contribution in [0.3, 0.4) is 0 Å². The van der Waals surface area contributed by atoms with E-state index in [-0.39, 0.29) is 42.5 Å². The number of hydrogen-bond donors (Lipinski definition) is 3. The molecule has 10 heteroatoms.